The van der Waals surface area contributed by atoms with Crippen molar-refractivity contribution in [3.63, 3.8) is 0 Å². The van der Waals surface area contributed by atoms with Gasteiger partial charge in [-0.2, -0.15) is 0 Å². The number of benzene rings is 1. The molecule has 1 aliphatic rings. The summed E-state index contributed by atoms with van der Waals surface area (Å²) in [6.45, 7) is 1.80. The minimum Gasteiger partial charge on any atom is -0.481 e. The second-order valence-corrected chi connectivity index (χ2v) is 7.69. The fourth-order valence-electron chi connectivity index (χ4n) is 3.42. The van der Waals surface area contributed by atoms with Crippen LogP contribution in [0, 0.1) is 11.8 Å². The predicted molar refractivity (Wildman–Crippen MR) is 93.6 cm³/mol. The highest BCUT2D eigenvalue weighted by Crippen LogP contribution is 2.38. The van der Waals surface area contributed by atoms with Crippen LogP contribution in [0.25, 0.3) is 10.1 Å². The molecule has 0 spiro atoms. The molecule has 2 unspecified atom stereocenters. The van der Waals surface area contributed by atoms with Gasteiger partial charge < -0.3 is 10.2 Å². The van der Waals surface area contributed by atoms with Gasteiger partial charge in [0.15, 0.2) is 0 Å². The maximum atomic E-state index is 11.0. The summed E-state index contributed by atoms with van der Waals surface area (Å²) in [5, 5.41) is 21.0. The van der Waals surface area contributed by atoms with Crippen LogP contribution in [-0.4, -0.2) is 16.2 Å². The third-order valence-corrected chi connectivity index (χ3v) is 6.09. The van der Waals surface area contributed by atoms with Gasteiger partial charge in [0.05, 0.1) is 0 Å². The number of aliphatic carboxylic acids is 1. The Morgan fingerprint density at radius 1 is 1.39 bits per heavy atom. The highest BCUT2D eigenvalue weighted by molar-refractivity contribution is 7.19. The molecule has 0 amide bonds. The Labute approximate surface area is 140 Å². The molecule has 122 valence electrons. The van der Waals surface area contributed by atoms with Gasteiger partial charge in [0.1, 0.15) is 5.60 Å². The van der Waals surface area contributed by atoms with Gasteiger partial charge in [0, 0.05) is 16.0 Å². The zero-order chi connectivity index (χ0) is 16.4. The average molecular weight is 330 g/mol. The molecule has 4 heteroatoms. The second-order valence-electron chi connectivity index (χ2n) is 6.61. The third kappa shape index (κ3) is 3.65. The molecule has 3 rings (SSSR count). The Kier molecular flexibility index (Phi) is 4.55. The van der Waals surface area contributed by atoms with Gasteiger partial charge in [-0.3, -0.25) is 4.79 Å². The summed E-state index contributed by atoms with van der Waals surface area (Å²) in [5.41, 5.74) is -1.01. The van der Waals surface area contributed by atoms with E-state index >= 15 is 0 Å². The number of hydrogen-bond donors (Lipinski definition) is 2. The van der Waals surface area contributed by atoms with Crippen LogP contribution in [0.1, 0.15) is 37.5 Å². The minimum absolute atomic E-state index is 0.196. The SMILES string of the molecule is CC(O)(/C=C/C1CCC[C@@H]1CC(=O)O)c1cc2ccccc2s1. The van der Waals surface area contributed by atoms with Crippen LogP contribution in [0.15, 0.2) is 42.5 Å². The first-order valence-electron chi connectivity index (χ1n) is 8.08. The fraction of sp³-hybridized carbons (Fsp3) is 0.421. The summed E-state index contributed by atoms with van der Waals surface area (Å²) in [4.78, 5) is 11.9. The first kappa shape index (κ1) is 16.2. The van der Waals surface area contributed by atoms with Gasteiger partial charge in [-0.25, -0.2) is 0 Å². The van der Waals surface area contributed by atoms with Gasteiger partial charge in [-0.15, -0.1) is 11.3 Å². The third-order valence-electron chi connectivity index (χ3n) is 4.75. The van der Waals surface area contributed by atoms with Crippen LogP contribution in [0.5, 0.6) is 0 Å². The zero-order valence-electron chi connectivity index (χ0n) is 13.2. The van der Waals surface area contributed by atoms with E-state index < -0.39 is 11.6 Å². The molecule has 1 heterocycles. The van der Waals surface area contributed by atoms with Gasteiger partial charge in [-0.05, 0) is 49.1 Å². The smallest absolute Gasteiger partial charge is 0.303 e. The lowest BCUT2D eigenvalue weighted by Gasteiger charge is -2.19. The highest BCUT2D eigenvalue weighted by Gasteiger charge is 2.29. The summed E-state index contributed by atoms with van der Waals surface area (Å²) in [5.74, 6) is -0.277. The summed E-state index contributed by atoms with van der Waals surface area (Å²) in [7, 11) is 0. The summed E-state index contributed by atoms with van der Waals surface area (Å²) >= 11 is 1.60. The van der Waals surface area contributed by atoms with E-state index in [0.717, 1.165) is 29.5 Å². The number of hydrogen-bond acceptors (Lipinski definition) is 3. The number of aliphatic hydroxyl groups is 1. The largest absolute Gasteiger partial charge is 0.481 e. The lowest BCUT2D eigenvalue weighted by Crippen LogP contribution is -2.17. The maximum Gasteiger partial charge on any atom is 0.303 e. The van der Waals surface area contributed by atoms with Crippen LogP contribution in [-0.2, 0) is 10.4 Å². The topological polar surface area (TPSA) is 57.5 Å². The van der Waals surface area contributed by atoms with Crippen molar-refractivity contribution >= 4 is 27.4 Å². The molecular formula is C19H22O3S. The first-order chi connectivity index (χ1) is 11.0. The summed E-state index contributed by atoms with van der Waals surface area (Å²) < 4.78 is 1.17. The van der Waals surface area contributed by atoms with Gasteiger partial charge in [0.25, 0.3) is 0 Å². The molecule has 1 fully saturated rings. The number of allylic oxidation sites excluding steroid dienone is 1. The van der Waals surface area contributed by atoms with Gasteiger partial charge >= 0.3 is 5.97 Å². The molecular weight excluding hydrogens is 308 g/mol. The van der Waals surface area contributed by atoms with Crippen molar-refractivity contribution in [1.82, 2.24) is 0 Å². The Morgan fingerprint density at radius 2 is 2.17 bits per heavy atom. The van der Waals surface area contributed by atoms with Crippen molar-refractivity contribution in [3.05, 3.63) is 47.4 Å². The van der Waals surface area contributed by atoms with Crippen LogP contribution in [0.3, 0.4) is 0 Å². The normalized spacial score (nSPS) is 24.3. The molecule has 0 bridgehead atoms. The molecule has 1 aromatic heterocycles. The number of carboxylic acid groups (broad SMARTS) is 1. The number of fused-ring (bicyclic) bond motifs is 1. The number of carboxylic acids is 1. The molecule has 0 aliphatic heterocycles. The van der Waals surface area contributed by atoms with Crippen molar-refractivity contribution in [2.45, 2.75) is 38.2 Å². The van der Waals surface area contributed by atoms with Crippen LogP contribution >= 0.6 is 11.3 Å². The number of thiophene rings is 1. The first-order valence-corrected chi connectivity index (χ1v) is 8.90. The lowest BCUT2D eigenvalue weighted by molar-refractivity contribution is -0.138. The Bertz CT molecular complexity index is 696. The molecule has 0 radical (unpaired) electrons. The summed E-state index contributed by atoms with van der Waals surface area (Å²) in [6, 6.07) is 10.1. The second kappa shape index (κ2) is 6.46. The molecule has 0 saturated heterocycles. The zero-order valence-corrected chi connectivity index (χ0v) is 14.1. The van der Waals surface area contributed by atoms with Gasteiger partial charge in [-0.1, -0.05) is 36.8 Å². The Hall–Kier alpha value is -1.65. The van der Waals surface area contributed by atoms with Crippen molar-refractivity contribution in [2.24, 2.45) is 11.8 Å². The molecule has 2 N–H and O–H groups in total. The quantitative estimate of drug-likeness (QED) is 0.790. The van der Waals surface area contributed by atoms with E-state index in [4.69, 9.17) is 5.11 Å². The van der Waals surface area contributed by atoms with E-state index in [1.54, 1.807) is 18.3 Å². The number of carbonyl (C=O) groups is 1. The fourth-order valence-corrected chi connectivity index (χ4v) is 4.51. The van der Waals surface area contributed by atoms with E-state index in [2.05, 4.69) is 12.1 Å². The van der Waals surface area contributed by atoms with E-state index in [-0.39, 0.29) is 18.3 Å². The van der Waals surface area contributed by atoms with Crippen molar-refractivity contribution < 1.29 is 15.0 Å². The van der Waals surface area contributed by atoms with Crippen molar-refractivity contribution in [3.8, 4) is 0 Å². The monoisotopic (exact) mass is 330 g/mol. The average Bonchev–Trinajstić information content (AvgIpc) is 3.11. The van der Waals surface area contributed by atoms with E-state index in [1.807, 2.05) is 30.4 Å². The summed E-state index contributed by atoms with van der Waals surface area (Å²) in [6.07, 6.45) is 7.15. The van der Waals surface area contributed by atoms with Crippen LogP contribution < -0.4 is 0 Å². The van der Waals surface area contributed by atoms with E-state index in [9.17, 15) is 9.90 Å². The maximum absolute atomic E-state index is 11.0. The molecule has 1 saturated carbocycles. The standard InChI is InChI=1S/C19H22O3S/c1-19(22,17-11-15-5-2-3-8-16(15)23-17)10-9-13-6-4-7-14(13)12-18(20)21/h2-3,5,8-11,13-14,22H,4,6-7,12H2,1H3,(H,20,21)/b10-9+/t13?,14-,19?/m1/s1. The van der Waals surface area contributed by atoms with E-state index in [0.29, 0.717) is 0 Å². The van der Waals surface area contributed by atoms with Gasteiger partial charge in [0.2, 0.25) is 0 Å². The Morgan fingerprint density at radius 3 is 2.91 bits per heavy atom. The molecule has 3 nitrogen and oxygen atoms in total. The van der Waals surface area contributed by atoms with E-state index in [1.165, 1.54) is 4.70 Å². The highest BCUT2D eigenvalue weighted by atomic mass is 32.1. The molecule has 3 atom stereocenters. The molecule has 1 aliphatic carbocycles. The molecule has 2 aromatic rings. The van der Waals surface area contributed by atoms with Crippen molar-refractivity contribution in [1.29, 1.82) is 0 Å². The minimum atomic E-state index is -1.01. The van der Waals surface area contributed by atoms with Crippen molar-refractivity contribution in [2.75, 3.05) is 0 Å². The predicted octanol–water partition coefficient (Wildman–Crippen LogP) is 4.56. The van der Waals surface area contributed by atoms with Crippen LogP contribution in [0.2, 0.25) is 0 Å². The lowest BCUT2D eigenvalue weighted by atomic mass is 9.90. The molecule has 23 heavy (non-hydrogen) atoms. The number of rotatable bonds is 5. The molecule has 1 aromatic carbocycles. The van der Waals surface area contributed by atoms with Crippen LogP contribution in [0.4, 0.5) is 0 Å². The Balaban J connectivity index is 1.78.